The molecule has 8 nitrogen and oxygen atoms in total. The summed E-state index contributed by atoms with van der Waals surface area (Å²) in [5, 5.41) is 16.2. The molecule has 170 valence electrons. The van der Waals surface area contributed by atoms with Gasteiger partial charge in [0, 0.05) is 14.1 Å². The highest BCUT2D eigenvalue weighted by Gasteiger charge is 2.38. The van der Waals surface area contributed by atoms with Crippen molar-refractivity contribution in [1.29, 1.82) is 0 Å². The van der Waals surface area contributed by atoms with E-state index in [1.54, 1.807) is 18.2 Å². The first kappa shape index (κ1) is 23.8. The molecule has 0 radical (unpaired) electrons. The Bertz CT molecular complexity index is 1190. The molecule has 0 aromatic heterocycles. The van der Waals surface area contributed by atoms with Crippen LogP contribution < -0.4 is 10.6 Å². The number of carbonyl (C=O) groups is 1. The van der Waals surface area contributed by atoms with Gasteiger partial charge in [-0.25, -0.2) is 4.21 Å². The number of nitrogens with one attached hydrogen (secondary N) is 2. The number of aromatic hydroxyl groups is 1. The second-order valence-electron chi connectivity index (χ2n) is 6.54. The third kappa shape index (κ3) is 4.81. The average molecular weight is 508 g/mol. The van der Waals surface area contributed by atoms with Crippen molar-refractivity contribution in [2.24, 2.45) is 8.80 Å². The Hall–Kier alpha value is -2.83. The van der Waals surface area contributed by atoms with Crippen molar-refractivity contribution in [1.82, 2.24) is 4.90 Å². The van der Waals surface area contributed by atoms with Crippen molar-refractivity contribution in [3.8, 4) is 5.75 Å². The first-order chi connectivity index (χ1) is 14.9. The number of halogens is 5. The molecule has 1 heterocycles. The number of phenols is 1. The summed E-state index contributed by atoms with van der Waals surface area (Å²) in [5.74, 6) is -2.27. The topological polar surface area (TPSA) is 106 Å². The molecule has 3 rings (SSSR count). The summed E-state index contributed by atoms with van der Waals surface area (Å²) in [6, 6.07) is 6.25. The van der Waals surface area contributed by atoms with Crippen molar-refractivity contribution in [2.75, 3.05) is 24.7 Å². The number of alkyl halides is 3. The summed E-state index contributed by atoms with van der Waals surface area (Å²) in [6.45, 7) is 0. The van der Waals surface area contributed by atoms with E-state index in [2.05, 4.69) is 19.4 Å². The molecule has 2 aromatic carbocycles. The average Bonchev–Trinajstić information content (AvgIpc) is 3.04. The fraction of sp³-hybridized carbons (Fsp3) is 0.167. The van der Waals surface area contributed by atoms with E-state index in [-0.39, 0.29) is 27.4 Å². The Morgan fingerprint density at radius 3 is 2.22 bits per heavy atom. The van der Waals surface area contributed by atoms with Crippen molar-refractivity contribution < 1.29 is 27.3 Å². The van der Waals surface area contributed by atoms with Crippen molar-refractivity contribution in [2.45, 2.75) is 6.18 Å². The molecule has 1 amide bonds. The predicted octanol–water partition coefficient (Wildman–Crippen LogP) is 4.33. The first-order valence-corrected chi connectivity index (χ1v) is 10.4. The van der Waals surface area contributed by atoms with Crippen LogP contribution in [0.25, 0.3) is 0 Å². The fourth-order valence-electron chi connectivity index (χ4n) is 2.65. The maximum absolute atomic E-state index is 13.4. The fourth-order valence-corrected chi connectivity index (χ4v) is 3.62. The number of benzene rings is 2. The second kappa shape index (κ2) is 8.96. The molecule has 32 heavy (non-hydrogen) atoms. The van der Waals surface area contributed by atoms with Crippen LogP contribution in [-0.4, -0.2) is 45.9 Å². The number of phenolic OH excluding ortho intramolecular Hbond substituents is 1. The van der Waals surface area contributed by atoms with Gasteiger partial charge in [0.25, 0.3) is 17.1 Å². The predicted molar refractivity (Wildman–Crippen MR) is 118 cm³/mol. The molecule has 0 spiro atoms. The van der Waals surface area contributed by atoms with E-state index >= 15 is 0 Å². The lowest BCUT2D eigenvalue weighted by atomic mass is 10.0. The van der Waals surface area contributed by atoms with E-state index in [0.29, 0.717) is 11.8 Å². The van der Waals surface area contributed by atoms with Crippen LogP contribution in [0.2, 0.25) is 10.0 Å². The van der Waals surface area contributed by atoms with Crippen molar-refractivity contribution >= 4 is 63.3 Å². The zero-order valence-corrected chi connectivity index (χ0v) is 18.6. The Morgan fingerprint density at radius 1 is 1.06 bits per heavy atom. The van der Waals surface area contributed by atoms with Gasteiger partial charge in [-0.15, -0.1) is 8.80 Å². The summed E-state index contributed by atoms with van der Waals surface area (Å²) < 4.78 is 59.6. The lowest BCUT2D eigenvalue weighted by Gasteiger charge is -2.20. The van der Waals surface area contributed by atoms with Gasteiger partial charge in [-0.2, -0.15) is 13.2 Å². The normalized spacial score (nSPS) is 15.8. The number of rotatable bonds is 3. The summed E-state index contributed by atoms with van der Waals surface area (Å²) >= 11 is 10.0. The summed E-state index contributed by atoms with van der Waals surface area (Å²) in [7, 11) is 2.49. The maximum Gasteiger partial charge on any atom is 0.417 e. The van der Waals surface area contributed by atoms with Gasteiger partial charge in [0.05, 0.1) is 32.5 Å². The SMILES string of the molecule is CN(C)C(=O)c1c(C(F)(F)F)ccc(NC2=NS(=O)N=C2Nc2cccc(Cl)c2Cl)c1O. The minimum Gasteiger partial charge on any atom is -0.505 e. The van der Waals surface area contributed by atoms with Crippen LogP contribution in [0.4, 0.5) is 24.5 Å². The molecule has 1 atom stereocenters. The molecule has 3 N–H and O–H groups in total. The van der Waals surface area contributed by atoms with Crippen LogP contribution in [0.5, 0.6) is 5.75 Å². The molecule has 0 saturated carbocycles. The monoisotopic (exact) mass is 507 g/mol. The third-order valence-corrected chi connectivity index (χ3v) is 5.62. The van der Waals surface area contributed by atoms with Gasteiger partial charge in [0.15, 0.2) is 17.4 Å². The highest BCUT2D eigenvalue weighted by molar-refractivity contribution is 7.83. The molecule has 1 unspecified atom stereocenters. The van der Waals surface area contributed by atoms with Gasteiger partial charge in [-0.1, -0.05) is 29.3 Å². The summed E-state index contributed by atoms with van der Waals surface area (Å²) in [5.41, 5.74) is -2.25. The van der Waals surface area contributed by atoms with Gasteiger partial charge < -0.3 is 20.6 Å². The summed E-state index contributed by atoms with van der Waals surface area (Å²) in [4.78, 5) is 13.2. The van der Waals surface area contributed by atoms with Gasteiger partial charge >= 0.3 is 6.18 Å². The lowest BCUT2D eigenvalue weighted by Crippen LogP contribution is -2.29. The zero-order chi connectivity index (χ0) is 23.8. The van der Waals surface area contributed by atoms with Crippen LogP contribution in [0.15, 0.2) is 39.1 Å². The van der Waals surface area contributed by atoms with Crippen LogP contribution in [0, 0.1) is 0 Å². The molecule has 0 fully saturated rings. The molecule has 1 aliphatic rings. The Balaban J connectivity index is 1.99. The number of amidine groups is 2. The molecule has 0 aliphatic carbocycles. The zero-order valence-electron chi connectivity index (χ0n) is 16.3. The largest absolute Gasteiger partial charge is 0.505 e. The van der Waals surface area contributed by atoms with E-state index < -0.39 is 40.1 Å². The van der Waals surface area contributed by atoms with Gasteiger partial charge in [0.2, 0.25) is 0 Å². The molecular formula is C18H14Cl2F3N5O3S. The van der Waals surface area contributed by atoms with Gasteiger partial charge in [-0.05, 0) is 24.3 Å². The number of anilines is 2. The lowest BCUT2D eigenvalue weighted by molar-refractivity contribution is -0.138. The van der Waals surface area contributed by atoms with Crippen LogP contribution in [0.3, 0.4) is 0 Å². The standard InChI is InChI=1S/C18H14Cl2F3N5O3S/c1-28(2)17(30)12-8(18(21,22)23)6-7-11(14(12)29)25-16-15(26-32(31)27-16)24-10-5-3-4-9(19)13(10)20/h3-7,29H,1-2H3,(H,24,26)(H,25,27). The molecule has 2 aromatic rings. The quantitative estimate of drug-likeness (QED) is 0.536. The maximum atomic E-state index is 13.4. The van der Waals surface area contributed by atoms with Crippen LogP contribution >= 0.6 is 23.2 Å². The molecule has 14 heteroatoms. The smallest absolute Gasteiger partial charge is 0.417 e. The molecular weight excluding hydrogens is 494 g/mol. The van der Waals surface area contributed by atoms with Crippen LogP contribution in [0.1, 0.15) is 15.9 Å². The highest BCUT2D eigenvalue weighted by Crippen LogP contribution is 2.40. The van der Waals surface area contributed by atoms with E-state index in [4.69, 9.17) is 23.2 Å². The molecule has 0 bridgehead atoms. The van der Waals surface area contributed by atoms with E-state index in [1.807, 2.05) is 0 Å². The van der Waals surface area contributed by atoms with Gasteiger partial charge in [-0.3, -0.25) is 4.79 Å². The molecule has 0 saturated heterocycles. The first-order valence-electron chi connectivity index (χ1n) is 8.62. The summed E-state index contributed by atoms with van der Waals surface area (Å²) in [6.07, 6.45) is -4.89. The van der Waals surface area contributed by atoms with Crippen molar-refractivity contribution in [3.05, 3.63) is 51.5 Å². The number of carbonyl (C=O) groups excluding carboxylic acids is 1. The van der Waals surface area contributed by atoms with Crippen LogP contribution in [-0.2, 0) is 17.3 Å². The minimum absolute atomic E-state index is 0.0766. The van der Waals surface area contributed by atoms with E-state index in [1.165, 1.54) is 14.1 Å². The van der Waals surface area contributed by atoms with Crippen molar-refractivity contribution in [3.63, 3.8) is 0 Å². The highest BCUT2D eigenvalue weighted by atomic mass is 35.5. The number of amides is 1. The Labute approximate surface area is 192 Å². The molecule has 1 aliphatic heterocycles. The van der Waals surface area contributed by atoms with E-state index in [0.717, 1.165) is 11.0 Å². The van der Waals surface area contributed by atoms with Gasteiger partial charge in [0.1, 0.15) is 0 Å². The number of nitrogens with zero attached hydrogens (tertiary/aromatic N) is 3. The minimum atomic E-state index is -4.89. The number of hydrogen-bond donors (Lipinski definition) is 3. The Morgan fingerprint density at radius 2 is 1.66 bits per heavy atom. The third-order valence-electron chi connectivity index (χ3n) is 4.12. The Kier molecular flexibility index (Phi) is 6.67. The number of hydrogen-bond acceptors (Lipinski definition) is 5. The second-order valence-corrected chi connectivity index (χ2v) is 8.16. The van der Waals surface area contributed by atoms with E-state index in [9.17, 15) is 27.3 Å².